The van der Waals surface area contributed by atoms with Crippen molar-refractivity contribution < 1.29 is 4.79 Å². The van der Waals surface area contributed by atoms with E-state index in [4.69, 9.17) is 0 Å². The van der Waals surface area contributed by atoms with Crippen LogP contribution in [0.4, 0.5) is 5.69 Å². The number of thiophene rings is 1. The number of carbonyl (C=O) groups is 1. The Labute approximate surface area is 140 Å². The summed E-state index contributed by atoms with van der Waals surface area (Å²) in [5.74, 6) is 0.715. The third-order valence-electron chi connectivity index (χ3n) is 5.42. The summed E-state index contributed by atoms with van der Waals surface area (Å²) >= 11 is 1.65. The Morgan fingerprint density at radius 1 is 1.48 bits per heavy atom. The summed E-state index contributed by atoms with van der Waals surface area (Å²) in [5, 5.41) is 8.36. The fourth-order valence-corrected chi connectivity index (χ4v) is 4.81. The minimum absolute atomic E-state index is 0.204. The lowest BCUT2D eigenvalue weighted by molar-refractivity contribution is -0.126. The van der Waals surface area contributed by atoms with Gasteiger partial charge in [0.2, 0.25) is 5.91 Å². The lowest BCUT2D eigenvalue weighted by Crippen LogP contribution is -2.39. The summed E-state index contributed by atoms with van der Waals surface area (Å²) in [6.45, 7) is 5.81. The molecule has 2 aromatic rings. The molecule has 6 heteroatoms. The average Bonchev–Trinajstić information content (AvgIpc) is 3.25. The number of amides is 1. The molecule has 23 heavy (non-hydrogen) atoms. The topological polar surface area (TPSA) is 41.4 Å². The van der Waals surface area contributed by atoms with Crippen LogP contribution in [0.15, 0.2) is 29.2 Å². The van der Waals surface area contributed by atoms with Gasteiger partial charge in [0, 0.05) is 50.4 Å². The molecule has 0 unspecified atom stereocenters. The molecule has 5 nitrogen and oxygen atoms in total. The van der Waals surface area contributed by atoms with Gasteiger partial charge < -0.3 is 4.90 Å². The van der Waals surface area contributed by atoms with E-state index in [1.807, 2.05) is 28.2 Å². The Bertz CT molecular complexity index is 710. The van der Waals surface area contributed by atoms with E-state index in [0.717, 1.165) is 38.3 Å². The molecule has 1 spiro atoms. The van der Waals surface area contributed by atoms with Crippen molar-refractivity contribution in [3.8, 4) is 0 Å². The van der Waals surface area contributed by atoms with Crippen molar-refractivity contribution in [3.05, 3.63) is 34.8 Å². The normalized spacial score (nSPS) is 28.3. The summed E-state index contributed by atoms with van der Waals surface area (Å²) in [6, 6.07) is 2.05. The number of likely N-dealkylation sites (tertiary alicyclic amines) is 1. The van der Waals surface area contributed by atoms with E-state index >= 15 is 0 Å². The maximum absolute atomic E-state index is 13.1. The van der Waals surface area contributed by atoms with Crippen molar-refractivity contribution in [1.82, 2.24) is 14.7 Å². The number of hydrogen-bond acceptors (Lipinski definition) is 4. The monoisotopic (exact) mass is 330 g/mol. The molecule has 0 saturated carbocycles. The third kappa shape index (κ3) is 2.40. The number of anilines is 1. The quantitative estimate of drug-likeness (QED) is 0.867. The van der Waals surface area contributed by atoms with Crippen LogP contribution in [0, 0.1) is 11.3 Å². The highest BCUT2D eigenvalue weighted by atomic mass is 32.1. The molecule has 0 radical (unpaired) electrons. The predicted octanol–water partition coefficient (Wildman–Crippen LogP) is 2.36. The minimum atomic E-state index is -0.204. The van der Waals surface area contributed by atoms with Crippen molar-refractivity contribution in [2.24, 2.45) is 18.4 Å². The van der Waals surface area contributed by atoms with Crippen molar-refractivity contribution in [3.63, 3.8) is 0 Å². The molecular formula is C17H22N4OS. The summed E-state index contributed by atoms with van der Waals surface area (Å²) in [7, 11) is 1.94. The van der Waals surface area contributed by atoms with Crippen LogP contribution in [0.5, 0.6) is 0 Å². The highest BCUT2D eigenvalue weighted by Gasteiger charge is 2.55. The molecule has 4 heterocycles. The smallest absolute Gasteiger partial charge is 0.234 e. The first-order valence-electron chi connectivity index (χ1n) is 8.12. The lowest BCUT2D eigenvalue weighted by Gasteiger charge is -2.26. The van der Waals surface area contributed by atoms with Gasteiger partial charge in [0.05, 0.1) is 17.3 Å². The minimum Gasteiger partial charge on any atom is -0.311 e. The summed E-state index contributed by atoms with van der Waals surface area (Å²) in [6.07, 6.45) is 4.94. The molecule has 4 rings (SSSR count). The molecule has 2 atom stereocenters. The van der Waals surface area contributed by atoms with Gasteiger partial charge in [0.25, 0.3) is 0 Å². The van der Waals surface area contributed by atoms with Crippen LogP contribution in [0.2, 0.25) is 0 Å². The average molecular weight is 330 g/mol. The second-order valence-electron chi connectivity index (χ2n) is 6.94. The summed E-state index contributed by atoms with van der Waals surface area (Å²) < 4.78 is 1.84. The van der Waals surface area contributed by atoms with Gasteiger partial charge >= 0.3 is 0 Å². The van der Waals surface area contributed by atoms with Crippen molar-refractivity contribution in [2.45, 2.75) is 19.9 Å². The Kier molecular flexibility index (Phi) is 3.54. The first kappa shape index (κ1) is 14.9. The van der Waals surface area contributed by atoms with Gasteiger partial charge in [-0.05, 0) is 23.8 Å². The molecule has 0 N–H and O–H groups in total. The summed E-state index contributed by atoms with van der Waals surface area (Å²) in [5.41, 5.74) is 2.08. The molecule has 0 bridgehead atoms. The van der Waals surface area contributed by atoms with Gasteiger partial charge in [0.1, 0.15) is 0 Å². The largest absolute Gasteiger partial charge is 0.311 e. The van der Waals surface area contributed by atoms with Crippen molar-refractivity contribution in [2.75, 3.05) is 24.5 Å². The number of nitrogens with zero attached hydrogens (tertiary/aromatic N) is 4. The molecule has 2 aliphatic rings. The van der Waals surface area contributed by atoms with Crippen molar-refractivity contribution in [1.29, 1.82) is 0 Å². The van der Waals surface area contributed by atoms with E-state index < -0.39 is 0 Å². The van der Waals surface area contributed by atoms with Gasteiger partial charge in [0.15, 0.2) is 0 Å². The fraction of sp³-hybridized carbons (Fsp3) is 0.529. The van der Waals surface area contributed by atoms with Crippen LogP contribution in [0.1, 0.15) is 18.9 Å². The van der Waals surface area contributed by atoms with Gasteiger partial charge in [-0.2, -0.15) is 16.4 Å². The number of aromatic nitrogens is 2. The zero-order chi connectivity index (χ0) is 16.0. The van der Waals surface area contributed by atoms with E-state index in [2.05, 4.69) is 34.6 Å². The summed E-state index contributed by atoms with van der Waals surface area (Å²) in [4.78, 5) is 17.5. The van der Waals surface area contributed by atoms with E-state index in [1.165, 1.54) is 5.56 Å². The zero-order valence-corrected chi connectivity index (χ0v) is 14.4. The van der Waals surface area contributed by atoms with E-state index in [9.17, 15) is 4.79 Å². The molecule has 2 saturated heterocycles. The molecule has 122 valence electrons. The van der Waals surface area contributed by atoms with Crippen LogP contribution >= 0.6 is 11.3 Å². The van der Waals surface area contributed by atoms with E-state index in [-0.39, 0.29) is 5.41 Å². The second kappa shape index (κ2) is 5.46. The standard InChI is InChI=1S/C17H22N4OS/c1-13-8-20(10-14-7-18-19(2)9-14)12-17(13)4-5-21(16(17)22)15-3-6-23-11-15/h3,6-7,9,11,13H,4-5,8,10,12H2,1-2H3/t13-,17-/m1/s1. The van der Waals surface area contributed by atoms with Crippen LogP contribution < -0.4 is 4.90 Å². The Morgan fingerprint density at radius 3 is 3.04 bits per heavy atom. The Hall–Kier alpha value is -1.66. The van der Waals surface area contributed by atoms with Crippen LogP contribution in [0.25, 0.3) is 0 Å². The predicted molar refractivity (Wildman–Crippen MR) is 91.4 cm³/mol. The van der Waals surface area contributed by atoms with Crippen molar-refractivity contribution >= 4 is 22.9 Å². The maximum Gasteiger partial charge on any atom is 0.234 e. The molecule has 2 aliphatic heterocycles. The number of aryl methyl sites for hydroxylation is 1. The first-order chi connectivity index (χ1) is 11.1. The van der Waals surface area contributed by atoms with Gasteiger partial charge in [-0.1, -0.05) is 6.92 Å². The van der Waals surface area contributed by atoms with Crippen LogP contribution in [-0.4, -0.2) is 40.2 Å². The van der Waals surface area contributed by atoms with Gasteiger partial charge in [-0.3, -0.25) is 14.4 Å². The molecule has 2 aromatic heterocycles. The Morgan fingerprint density at radius 2 is 2.35 bits per heavy atom. The molecule has 0 aliphatic carbocycles. The van der Waals surface area contributed by atoms with Gasteiger partial charge in [-0.25, -0.2) is 0 Å². The lowest BCUT2D eigenvalue weighted by atomic mass is 9.78. The fourth-order valence-electron chi connectivity index (χ4n) is 4.16. The maximum atomic E-state index is 13.1. The molecule has 2 fully saturated rings. The number of hydrogen-bond donors (Lipinski definition) is 0. The second-order valence-corrected chi connectivity index (χ2v) is 7.72. The van der Waals surface area contributed by atoms with Crippen LogP contribution in [0.3, 0.4) is 0 Å². The number of rotatable bonds is 3. The molecular weight excluding hydrogens is 308 g/mol. The highest BCUT2D eigenvalue weighted by Crippen LogP contribution is 2.46. The SMILES string of the molecule is C[C@@H]1CN(Cc2cnn(C)c2)C[C@]12CCN(c1ccsc1)C2=O. The number of carbonyl (C=O) groups excluding carboxylic acids is 1. The van der Waals surface area contributed by atoms with Gasteiger partial charge in [-0.15, -0.1) is 0 Å². The third-order valence-corrected chi connectivity index (χ3v) is 6.09. The Balaban J connectivity index is 1.52. The van der Waals surface area contributed by atoms with E-state index in [1.54, 1.807) is 11.3 Å². The van der Waals surface area contributed by atoms with E-state index in [0.29, 0.717) is 11.8 Å². The highest BCUT2D eigenvalue weighted by molar-refractivity contribution is 7.08. The molecule has 1 amide bonds. The zero-order valence-electron chi connectivity index (χ0n) is 13.6. The first-order valence-corrected chi connectivity index (χ1v) is 9.07. The van der Waals surface area contributed by atoms with Crippen LogP contribution in [-0.2, 0) is 18.4 Å². The molecule has 0 aromatic carbocycles.